The Labute approximate surface area is 280 Å². The largest absolute Gasteiger partial charge is 0.361 e. The molecule has 5 N–H and O–H groups in total. The zero-order valence-electron chi connectivity index (χ0n) is 27.4. The molecular weight excluding hydrogens is 606 g/mol. The Kier molecular flexibility index (Phi) is 11.4. The van der Waals surface area contributed by atoms with Crippen molar-refractivity contribution in [3.05, 3.63) is 107 Å². The minimum Gasteiger partial charge on any atom is -0.361 e. The van der Waals surface area contributed by atoms with Gasteiger partial charge in [0.1, 0.15) is 12.1 Å². The van der Waals surface area contributed by atoms with Gasteiger partial charge in [-0.25, -0.2) is 0 Å². The van der Waals surface area contributed by atoms with E-state index in [-0.39, 0.29) is 31.2 Å². The summed E-state index contributed by atoms with van der Waals surface area (Å²) in [5.41, 5.74) is 4.77. The maximum Gasteiger partial charge on any atom is 0.289 e. The molecule has 10 heteroatoms. The van der Waals surface area contributed by atoms with Crippen LogP contribution in [0.1, 0.15) is 55.4 Å². The Hall–Kier alpha value is -5.25. The summed E-state index contributed by atoms with van der Waals surface area (Å²) >= 11 is 0. The summed E-state index contributed by atoms with van der Waals surface area (Å²) in [6.07, 6.45) is 4.75. The van der Waals surface area contributed by atoms with Crippen LogP contribution in [0.3, 0.4) is 0 Å². The van der Waals surface area contributed by atoms with Crippen LogP contribution in [0.4, 0.5) is 0 Å². The number of hydrogen-bond acceptors (Lipinski definition) is 5. The predicted octanol–water partition coefficient (Wildman–Crippen LogP) is 3.68. The highest BCUT2D eigenvalue weighted by Crippen LogP contribution is 2.26. The van der Waals surface area contributed by atoms with E-state index in [0.29, 0.717) is 19.3 Å². The number of benzene rings is 3. The molecule has 0 saturated heterocycles. The van der Waals surface area contributed by atoms with Crippen LogP contribution in [0, 0.1) is 5.92 Å². The van der Waals surface area contributed by atoms with Gasteiger partial charge in [0.15, 0.2) is 0 Å². The fourth-order valence-electron chi connectivity index (χ4n) is 6.14. The molecule has 5 rings (SSSR count). The number of amides is 4. The summed E-state index contributed by atoms with van der Waals surface area (Å²) in [5.74, 6) is -3.16. The van der Waals surface area contributed by atoms with Gasteiger partial charge in [-0.05, 0) is 54.5 Å². The maximum atomic E-state index is 13.9. The lowest BCUT2D eigenvalue weighted by molar-refractivity contribution is -0.140. The van der Waals surface area contributed by atoms with Crippen LogP contribution in [-0.2, 0) is 49.8 Å². The second-order valence-electron chi connectivity index (χ2n) is 12.5. The van der Waals surface area contributed by atoms with E-state index in [1.807, 2.05) is 85.8 Å². The van der Waals surface area contributed by atoms with Gasteiger partial charge in [-0.1, -0.05) is 92.6 Å². The normalized spacial score (nSPS) is 14.4. The molecule has 3 aromatic carbocycles. The molecule has 1 aromatic heterocycles. The predicted molar refractivity (Wildman–Crippen MR) is 184 cm³/mol. The number of aromatic nitrogens is 1. The SMILES string of the molecule is CCCCC(NC(=O)C(Cc1c[nH]c2ccccc12)NC(=O)C(C)NC(=O)C1Cc2ccccc2C1)C(=O)C(=O)NCc1ccccc1. The summed E-state index contributed by atoms with van der Waals surface area (Å²) in [6.45, 7) is 3.72. The third-order valence-corrected chi connectivity index (χ3v) is 8.90. The second-order valence-corrected chi connectivity index (χ2v) is 12.5. The highest BCUT2D eigenvalue weighted by Gasteiger charge is 2.33. The Morgan fingerprint density at radius 3 is 2.15 bits per heavy atom. The van der Waals surface area contributed by atoms with Gasteiger partial charge in [0.05, 0.1) is 6.04 Å². The first-order valence-electron chi connectivity index (χ1n) is 16.6. The summed E-state index contributed by atoms with van der Waals surface area (Å²) in [5, 5.41) is 12.0. The van der Waals surface area contributed by atoms with E-state index in [9.17, 15) is 24.0 Å². The van der Waals surface area contributed by atoms with E-state index in [0.717, 1.165) is 39.6 Å². The van der Waals surface area contributed by atoms with E-state index in [2.05, 4.69) is 26.3 Å². The van der Waals surface area contributed by atoms with Gasteiger partial charge in [-0.15, -0.1) is 0 Å². The van der Waals surface area contributed by atoms with Crippen LogP contribution < -0.4 is 21.3 Å². The average Bonchev–Trinajstić information content (AvgIpc) is 3.73. The van der Waals surface area contributed by atoms with E-state index < -0.39 is 41.6 Å². The number of unbranched alkanes of at least 4 members (excludes halogenated alkanes) is 1. The summed E-state index contributed by atoms with van der Waals surface area (Å²) < 4.78 is 0. The van der Waals surface area contributed by atoms with Crippen molar-refractivity contribution in [1.29, 1.82) is 0 Å². The maximum absolute atomic E-state index is 13.9. The first-order chi connectivity index (χ1) is 23.2. The topological polar surface area (TPSA) is 149 Å². The van der Waals surface area contributed by atoms with Gasteiger partial charge in [0, 0.05) is 36.0 Å². The highest BCUT2D eigenvalue weighted by molar-refractivity contribution is 6.38. The monoisotopic (exact) mass is 649 g/mol. The van der Waals surface area contributed by atoms with Crippen molar-refractivity contribution in [3.63, 3.8) is 0 Å². The molecule has 0 radical (unpaired) electrons. The zero-order chi connectivity index (χ0) is 34.0. The Balaban J connectivity index is 1.28. The van der Waals surface area contributed by atoms with Crippen LogP contribution in [-0.4, -0.2) is 52.5 Å². The van der Waals surface area contributed by atoms with Gasteiger partial charge < -0.3 is 26.3 Å². The van der Waals surface area contributed by atoms with Crippen molar-refractivity contribution in [2.45, 2.75) is 77.0 Å². The van der Waals surface area contributed by atoms with Crippen LogP contribution in [0.2, 0.25) is 0 Å². The Morgan fingerprint density at radius 2 is 1.44 bits per heavy atom. The number of carbonyl (C=O) groups excluding carboxylic acids is 5. The van der Waals surface area contributed by atoms with Crippen molar-refractivity contribution in [1.82, 2.24) is 26.3 Å². The third-order valence-electron chi connectivity index (χ3n) is 8.90. The number of nitrogens with one attached hydrogen (secondary N) is 5. The summed E-state index contributed by atoms with van der Waals surface area (Å²) in [6, 6.07) is 21.7. The summed E-state index contributed by atoms with van der Waals surface area (Å²) in [7, 11) is 0. The van der Waals surface area contributed by atoms with E-state index in [1.165, 1.54) is 0 Å². The van der Waals surface area contributed by atoms with Crippen LogP contribution >= 0.6 is 0 Å². The first-order valence-corrected chi connectivity index (χ1v) is 16.6. The minimum absolute atomic E-state index is 0.120. The standard InChI is InChI=1S/C38H43N5O5/c1-3-4-17-32(34(44)38(48)40-22-25-12-6-5-7-13-25)42-37(47)33(21-29-23-39-31-18-11-10-16-30(29)31)43-35(45)24(2)41-36(46)28-19-26-14-8-9-15-27(26)20-28/h5-16,18,23-24,28,32-33,39H,3-4,17,19-22H2,1-2H3,(H,40,48)(H,41,46)(H,42,47)(H,43,45). The zero-order valence-corrected chi connectivity index (χ0v) is 27.4. The molecule has 1 aliphatic carbocycles. The lowest BCUT2D eigenvalue weighted by Crippen LogP contribution is -2.57. The number of para-hydroxylation sites is 1. The van der Waals surface area contributed by atoms with Crippen molar-refractivity contribution >= 4 is 40.3 Å². The lowest BCUT2D eigenvalue weighted by Gasteiger charge is -2.24. The molecule has 4 amide bonds. The molecule has 4 aromatic rings. The highest BCUT2D eigenvalue weighted by atomic mass is 16.2. The number of H-pyrrole nitrogens is 1. The Bertz CT molecular complexity index is 1740. The fourth-order valence-corrected chi connectivity index (χ4v) is 6.14. The molecule has 0 aliphatic heterocycles. The van der Waals surface area contributed by atoms with Gasteiger partial charge in [-0.3, -0.25) is 24.0 Å². The molecular formula is C38H43N5O5. The molecule has 10 nitrogen and oxygen atoms in total. The van der Waals surface area contributed by atoms with Gasteiger partial charge in [0.25, 0.3) is 5.91 Å². The molecule has 48 heavy (non-hydrogen) atoms. The lowest BCUT2D eigenvalue weighted by atomic mass is 10.0. The first kappa shape index (κ1) is 34.1. The molecule has 0 fully saturated rings. The summed E-state index contributed by atoms with van der Waals surface area (Å²) in [4.78, 5) is 69.9. The van der Waals surface area contributed by atoms with Crippen LogP contribution in [0.25, 0.3) is 10.9 Å². The molecule has 3 unspecified atom stereocenters. The van der Waals surface area contributed by atoms with Crippen molar-refractivity contribution in [2.75, 3.05) is 0 Å². The number of hydrogen-bond donors (Lipinski definition) is 5. The number of ketones is 1. The van der Waals surface area contributed by atoms with Crippen molar-refractivity contribution < 1.29 is 24.0 Å². The molecule has 0 bridgehead atoms. The van der Waals surface area contributed by atoms with E-state index >= 15 is 0 Å². The number of Topliss-reactive ketones (excluding diaryl/α,β-unsaturated/α-hetero) is 1. The third kappa shape index (κ3) is 8.56. The Morgan fingerprint density at radius 1 is 0.792 bits per heavy atom. The molecule has 1 heterocycles. The van der Waals surface area contributed by atoms with Gasteiger partial charge >= 0.3 is 0 Å². The number of aromatic amines is 1. The molecule has 3 atom stereocenters. The molecule has 0 spiro atoms. The smallest absolute Gasteiger partial charge is 0.289 e. The fraction of sp³-hybridized carbons (Fsp3) is 0.342. The van der Waals surface area contributed by atoms with Crippen LogP contribution in [0.15, 0.2) is 85.1 Å². The molecule has 250 valence electrons. The van der Waals surface area contributed by atoms with Crippen molar-refractivity contribution in [2.24, 2.45) is 5.92 Å². The van der Waals surface area contributed by atoms with Gasteiger partial charge in [0.2, 0.25) is 23.5 Å². The number of carbonyl (C=O) groups is 5. The molecule has 0 saturated carbocycles. The minimum atomic E-state index is -1.09. The van der Waals surface area contributed by atoms with Crippen LogP contribution in [0.5, 0.6) is 0 Å². The van der Waals surface area contributed by atoms with Gasteiger partial charge in [-0.2, -0.15) is 0 Å². The van der Waals surface area contributed by atoms with Crippen molar-refractivity contribution in [3.8, 4) is 0 Å². The second kappa shape index (κ2) is 16.0. The average molecular weight is 650 g/mol. The van der Waals surface area contributed by atoms with E-state index in [4.69, 9.17) is 0 Å². The molecule has 1 aliphatic rings. The van der Waals surface area contributed by atoms with E-state index in [1.54, 1.807) is 13.1 Å². The number of rotatable bonds is 15. The quantitative estimate of drug-likeness (QED) is 0.125. The number of fused-ring (bicyclic) bond motifs is 2.